The van der Waals surface area contributed by atoms with E-state index in [2.05, 4.69) is 15.3 Å². The fraction of sp³-hybridized carbons (Fsp3) is 0.136. The number of pyridine rings is 1. The van der Waals surface area contributed by atoms with Crippen LogP contribution in [0.4, 0.5) is 11.4 Å². The van der Waals surface area contributed by atoms with Gasteiger partial charge in [0.1, 0.15) is 0 Å². The Balaban J connectivity index is 1.41. The predicted octanol–water partition coefficient (Wildman–Crippen LogP) is 3.98. The molecule has 2 N–H and O–H groups in total. The highest BCUT2D eigenvalue weighted by molar-refractivity contribution is 5.99. The molecule has 2 aromatic carbocycles. The molecule has 1 aliphatic heterocycles. The maximum Gasteiger partial charge on any atom is 0.417 e. The summed E-state index contributed by atoms with van der Waals surface area (Å²) in [5.41, 5.74) is 5.54. The number of hydrogen-bond acceptors (Lipinski definition) is 5. The van der Waals surface area contributed by atoms with Gasteiger partial charge in [0.25, 0.3) is 5.91 Å². The number of benzene rings is 2. The Morgan fingerprint density at radius 3 is 2.86 bits per heavy atom. The van der Waals surface area contributed by atoms with Gasteiger partial charge in [-0.3, -0.25) is 14.8 Å². The number of hydrogen-bond donors (Lipinski definition) is 2. The molecule has 4 aromatic rings. The highest BCUT2D eigenvalue weighted by atomic mass is 16.4. The van der Waals surface area contributed by atoms with Gasteiger partial charge in [0.2, 0.25) is 0 Å². The van der Waals surface area contributed by atoms with Crippen molar-refractivity contribution < 1.29 is 9.21 Å². The number of rotatable bonds is 4. The van der Waals surface area contributed by atoms with Crippen LogP contribution in [0.15, 0.2) is 70.1 Å². The van der Waals surface area contributed by atoms with Gasteiger partial charge < -0.3 is 14.6 Å². The zero-order valence-corrected chi connectivity index (χ0v) is 15.7. The lowest BCUT2D eigenvalue weighted by Gasteiger charge is -2.22. The number of H-pyrrole nitrogens is 1. The molecule has 1 aliphatic rings. The Morgan fingerprint density at radius 1 is 1.14 bits per heavy atom. The van der Waals surface area contributed by atoms with Crippen molar-refractivity contribution in [1.82, 2.24) is 14.9 Å². The van der Waals surface area contributed by atoms with Gasteiger partial charge >= 0.3 is 5.76 Å². The van der Waals surface area contributed by atoms with E-state index in [4.69, 9.17) is 4.42 Å². The zero-order valence-electron chi connectivity index (χ0n) is 15.7. The summed E-state index contributed by atoms with van der Waals surface area (Å²) in [6, 6.07) is 15.0. The lowest BCUT2D eigenvalue weighted by atomic mass is 10.0. The zero-order chi connectivity index (χ0) is 20.0. The van der Waals surface area contributed by atoms with Crippen molar-refractivity contribution in [2.45, 2.75) is 19.5 Å². The van der Waals surface area contributed by atoms with Crippen LogP contribution in [0.3, 0.4) is 0 Å². The van der Waals surface area contributed by atoms with Crippen LogP contribution in [0, 0.1) is 0 Å². The molecule has 1 atom stereocenters. The minimum Gasteiger partial charge on any atom is -0.408 e. The molecule has 1 unspecified atom stereocenters. The summed E-state index contributed by atoms with van der Waals surface area (Å²) < 4.78 is 5.13. The average molecular weight is 386 g/mol. The van der Waals surface area contributed by atoms with Crippen LogP contribution in [0.25, 0.3) is 11.1 Å². The molecular formula is C22H18N4O3. The molecule has 7 heteroatoms. The van der Waals surface area contributed by atoms with E-state index >= 15 is 0 Å². The van der Waals surface area contributed by atoms with E-state index < -0.39 is 5.76 Å². The first-order valence-electron chi connectivity index (χ1n) is 9.32. The van der Waals surface area contributed by atoms with E-state index in [0.717, 1.165) is 22.5 Å². The molecule has 1 amide bonds. The van der Waals surface area contributed by atoms with Crippen molar-refractivity contribution in [1.29, 1.82) is 0 Å². The largest absolute Gasteiger partial charge is 0.417 e. The maximum absolute atomic E-state index is 13.0. The maximum atomic E-state index is 13.0. The van der Waals surface area contributed by atoms with E-state index in [9.17, 15) is 9.59 Å². The standard InChI is InChI=1S/C22H18N4O3/c1-13-18-10-15(24-16-3-2-8-23-11-16)5-6-17(18)21(27)26(13)12-14-4-7-19-20(9-14)29-22(28)25-19/h2-11,13,24H,12H2,1H3,(H,25,28). The smallest absolute Gasteiger partial charge is 0.408 e. The number of nitrogens with zero attached hydrogens (tertiary/aromatic N) is 2. The summed E-state index contributed by atoms with van der Waals surface area (Å²) >= 11 is 0. The van der Waals surface area contributed by atoms with Gasteiger partial charge in [0.15, 0.2) is 5.58 Å². The van der Waals surface area contributed by atoms with Gasteiger partial charge in [0, 0.05) is 24.0 Å². The van der Waals surface area contributed by atoms with Crippen LogP contribution in [0.2, 0.25) is 0 Å². The first-order chi connectivity index (χ1) is 14.1. The van der Waals surface area contributed by atoms with Crippen molar-refractivity contribution in [2.24, 2.45) is 0 Å². The summed E-state index contributed by atoms with van der Waals surface area (Å²) in [5, 5.41) is 3.32. The molecule has 0 saturated heterocycles. The van der Waals surface area contributed by atoms with Crippen LogP contribution >= 0.6 is 0 Å². The lowest BCUT2D eigenvalue weighted by molar-refractivity contribution is 0.0723. The molecule has 144 valence electrons. The van der Waals surface area contributed by atoms with Crippen molar-refractivity contribution in [3.8, 4) is 0 Å². The van der Waals surface area contributed by atoms with Crippen molar-refractivity contribution in [3.63, 3.8) is 0 Å². The normalized spacial score (nSPS) is 15.7. The molecule has 2 aromatic heterocycles. The predicted molar refractivity (Wildman–Crippen MR) is 109 cm³/mol. The monoisotopic (exact) mass is 386 g/mol. The first kappa shape index (κ1) is 17.2. The highest BCUT2D eigenvalue weighted by Crippen LogP contribution is 2.36. The van der Waals surface area contributed by atoms with Gasteiger partial charge in [-0.25, -0.2) is 4.79 Å². The number of aromatic amines is 1. The van der Waals surface area contributed by atoms with Crippen LogP contribution in [-0.2, 0) is 6.54 Å². The minimum atomic E-state index is -0.483. The molecule has 0 aliphatic carbocycles. The Bertz CT molecular complexity index is 1280. The average Bonchev–Trinajstić information content (AvgIpc) is 3.20. The van der Waals surface area contributed by atoms with Crippen molar-refractivity contribution >= 4 is 28.4 Å². The second-order valence-electron chi connectivity index (χ2n) is 7.12. The second kappa shape index (κ2) is 6.63. The van der Waals surface area contributed by atoms with Gasteiger partial charge in [-0.1, -0.05) is 6.07 Å². The van der Waals surface area contributed by atoms with Gasteiger partial charge in [-0.05, 0) is 60.5 Å². The number of oxazole rings is 1. The summed E-state index contributed by atoms with van der Waals surface area (Å²) in [6.45, 7) is 2.46. The van der Waals surface area contributed by atoms with Crippen LogP contribution < -0.4 is 11.1 Å². The van der Waals surface area contributed by atoms with E-state index in [0.29, 0.717) is 23.2 Å². The fourth-order valence-corrected chi connectivity index (χ4v) is 3.78. The van der Waals surface area contributed by atoms with Crippen LogP contribution in [-0.4, -0.2) is 20.8 Å². The van der Waals surface area contributed by atoms with Crippen LogP contribution in [0.5, 0.6) is 0 Å². The van der Waals surface area contributed by atoms with Crippen molar-refractivity contribution in [2.75, 3.05) is 5.32 Å². The Hall–Kier alpha value is -3.87. The number of carbonyl (C=O) groups excluding carboxylic acids is 1. The molecule has 29 heavy (non-hydrogen) atoms. The molecule has 5 rings (SSSR count). The molecule has 0 fully saturated rings. The van der Waals surface area contributed by atoms with Crippen LogP contribution in [0.1, 0.15) is 34.5 Å². The molecule has 7 nitrogen and oxygen atoms in total. The quantitative estimate of drug-likeness (QED) is 0.554. The topological polar surface area (TPSA) is 91.2 Å². The third kappa shape index (κ3) is 3.06. The number of fused-ring (bicyclic) bond motifs is 2. The van der Waals surface area contributed by atoms with Crippen molar-refractivity contribution in [3.05, 3.63) is 88.2 Å². The molecular weight excluding hydrogens is 368 g/mol. The Kier molecular flexibility index (Phi) is 3.94. The fourth-order valence-electron chi connectivity index (χ4n) is 3.78. The summed E-state index contributed by atoms with van der Waals surface area (Å²) in [7, 11) is 0. The summed E-state index contributed by atoms with van der Waals surface area (Å²) in [6.07, 6.45) is 3.48. The first-order valence-corrected chi connectivity index (χ1v) is 9.32. The molecule has 0 radical (unpaired) electrons. The Morgan fingerprint density at radius 2 is 2.03 bits per heavy atom. The number of aromatic nitrogens is 2. The van der Waals surface area contributed by atoms with E-state index in [1.165, 1.54) is 0 Å². The second-order valence-corrected chi connectivity index (χ2v) is 7.12. The minimum absolute atomic E-state index is 0.00366. The van der Waals surface area contributed by atoms with E-state index in [1.807, 2.05) is 48.2 Å². The molecule has 0 saturated carbocycles. The SMILES string of the molecule is CC1c2cc(Nc3cccnc3)ccc2C(=O)N1Cc1ccc2[nH]c(=O)oc2c1. The van der Waals surface area contributed by atoms with E-state index in [-0.39, 0.29) is 11.9 Å². The number of nitrogens with one attached hydrogen (secondary N) is 2. The van der Waals surface area contributed by atoms with Gasteiger partial charge in [-0.15, -0.1) is 0 Å². The number of anilines is 2. The summed E-state index contributed by atoms with van der Waals surface area (Å²) in [4.78, 5) is 32.9. The molecule has 0 bridgehead atoms. The van der Waals surface area contributed by atoms with Gasteiger partial charge in [0.05, 0.1) is 23.4 Å². The molecule has 0 spiro atoms. The Labute approximate surface area is 166 Å². The molecule has 3 heterocycles. The third-order valence-corrected chi connectivity index (χ3v) is 5.25. The lowest BCUT2D eigenvalue weighted by Crippen LogP contribution is -2.26. The van der Waals surface area contributed by atoms with Gasteiger partial charge in [-0.2, -0.15) is 0 Å². The van der Waals surface area contributed by atoms with E-state index in [1.54, 1.807) is 24.5 Å². The third-order valence-electron chi connectivity index (χ3n) is 5.25. The number of amides is 1. The highest BCUT2D eigenvalue weighted by Gasteiger charge is 2.34. The number of carbonyl (C=O) groups is 1. The summed E-state index contributed by atoms with van der Waals surface area (Å²) in [5.74, 6) is -0.486.